The standard InChI is InChI=1S/C16H10BrClN2O3/c17-12-6-4-10(5-7-12)16(21)22-9-14-19-15(20-23-14)11-2-1-3-13(18)8-11/h1-8H,9H2. The molecule has 2 aromatic carbocycles. The van der Waals surface area contributed by atoms with Crippen LogP contribution in [0, 0.1) is 0 Å². The Kier molecular flexibility index (Phi) is 4.73. The topological polar surface area (TPSA) is 65.2 Å². The second kappa shape index (κ2) is 6.93. The maximum atomic E-state index is 11.9. The quantitative estimate of drug-likeness (QED) is 0.610. The molecule has 0 spiro atoms. The van der Waals surface area contributed by atoms with E-state index in [0.717, 1.165) is 10.0 Å². The monoisotopic (exact) mass is 392 g/mol. The van der Waals surface area contributed by atoms with Gasteiger partial charge in [-0.2, -0.15) is 4.98 Å². The maximum absolute atomic E-state index is 11.9. The molecule has 0 atom stereocenters. The molecule has 5 nitrogen and oxygen atoms in total. The zero-order valence-corrected chi connectivity index (χ0v) is 14.0. The molecule has 0 fully saturated rings. The van der Waals surface area contributed by atoms with Crippen LogP contribution in [0.1, 0.15) is 16.2 Å². The van der Waals surface area contributed by atoms with Gasteiger partial charge in [-0.1, -0.05) is 44.8 Å². The van der Waals surface area contributed by atoms with E-state index in [1.165, 1.54) is 0 Å². The number of nitrogens with zero attached hydrogens (tertiary/aromatic N) is 2. The Balaban J connectivity index is 1.65. The number of ether oxygens (including phenoxy) is 1. The third kappa shape index (κ3) is 3.97. The van der Waals surface area contributed by atoms with E-state index in [1.54, 1.807) is 42.5 Å². The summed E-state index contributed by atoms with van der Waals surface area (Å²) in [5.74, 6) is 0.146. The number of benzene rings is 2. The van der Waals surface area contributed by atoms with E-state index in [9.17, 15) is 4.79 Å². The van der Waals surface area contributed by atoms with Crippen LogP contribution in [0.4, 0.5) is 0 Å². The van der Waals surface area contributed by atoms with Gasteiger partial charge in [0.15, 0.2) is 6.61 Å². The van der Waals surface area contributed by atoms with Gasteiger partial charge >= 0.3 is 5.97 Å². The number of hydrogen-bond acceptors (Lipinski definition) is 5. The highest BCUT2D eigenvalue weighted by molar-refractivity contribution is 9.10. The van der Waals surface area contributed by atoms with E-state index < -0.39 is 5.97 Å². The first-order valence-electron chi connectivity index (χ1n) is 6.63. The van der Waals surface area contributed by atoms with Crippen LogP contribution in [0.5, 0.6) is 0 Å². The number of carbonyl (C=O) groups excluding carboxylic acids is 1. The zero-order valence-electron chi connectivity index (χ0n) is 11.7. The molecule has 1 aromatic heterocycles. The fourth-order valence-electron chi connectivity index (χ4n) is 1.85. The molecule has 0 amide bonds. The number of carbonyl (C=O) groups is 1. The van der Waals surface area contributed by atoms with Crippen molar-refractivity contribution in [1.82, 2.24) is 10.1 Å². The summed E-state index contributed by atoms with van der Waals surface area (Å²) in [5, 5.41) is 4.43. The molecule has 0 radical (unpaired) electrons. The molecule has 0 saturated heterocycles. The number of hydrogen-bond donors (Lipinski definition) is 0. The normalized spacial score (nSPS) is 10.5. The van der Waals surface area contributed by atoms with Gasteiger partial charge in [0.2, 0.25) is 5.82 Å². The second-order valence-corrected chi connectivity index (χ2v) is 5.96. The van der Waals surface area contributed by atoms with Crippen LogP contribution in [0.25, 0.3) is 11.4 Å². The van der Waals surface area contributed by atoms with Gasteiger partial charge in [-0.05, 0) is 36.4 Å². The van der Waals surface area contributed by atoms with Crippen LogP contribution in [0.3, 0.4) is 0 Å². The fraction of sp³-hybridized carbons (Fsp3) is 0.0625. The highest BCUT2D eigenvalue weighted by Gasteiger charge is 2.12. The van der Waals surface area contributed by atoms with E-state index in [0.29, 0.717) is 16.4 Å². The number of aromatic nitrogens is 2. The van der Waals surface area contributed by atoms with Crippen LogP contribution in [0.15, 0.2) is 57.5 Å². The average Bonchev–Trinajstić information content (AvgIpc) is 3.02. The number of halogens is 2. The lowest BCUT2D eigenvalue weighted by molar-refractivity contribution is 0.0430. The maximum Gasteiger partial charge on any atom is 0.338 e. The number of rotatable bonds is 4. The molecule has 0 aliphatic carbocycles. The zero-order chi connectivity index (χ0) is 16.2. The van der Waals surface area contributed by atoms with Crippen LogP contribution in [-0.4, -0.2) is 16.1 Å². The molecule has 7 heteroatoms. The summed E-state index contributed by atoms with van der Waals surface area (Å²) in [6, 6.07) is 13.9. The third-order valence-electron chi connectivity index (χ3n) is 2.96. The Morgan fingerprint density at radius 1 is 1.22 bits per heavy atom. The van der Waals surface area contributed by atoms with Gasteiger partial charge in [0.25, 0.3) is 5.89 Å². The lowest BCUT2D eigenvalue weighted by Gasteiger charge is -2.01. The summed E-state index contributed by atoms with van der Waals surface area (Å²) in [6.07, 6.45) is 0. The van der Waals surface area contributed by atoms with Crippen molar-refractivity contribution in [3.8, 4) is 11.4 Å². The molecular weight excluding hydrogens is 384 g/mol. The van der Waals surface area contributed by atoms with Crippen molar-refractivity contribution in [2.75, 3.05) is 0 Å². The Labute approximate surface area is 145 Å². The third-order valence-corrected chi connectivity index (χ3v) is 3.72. The molecule has 0 unspecified atom stereocenters. The van der Waals surface area contributed by atoms with Gasteiger partial charge in [-0.15, -0.1) is 0 Å². The van der Waals surface area contributed by atoms with Gasteiger partial charge in [-0.3, -0.25) is 0 Å². The van der Waals surface area contributed by atoms with Gasteiger partial charge in [-0.25, -0.2) is 4.79 Å². The summed E-state index contributed by atoms with van der Waals surface area (Å²) >= 11 is 9.23. The van der Waals surface area contributed by atoms with E-state index in [2.05, 4.69) is 26.1 Å². The van der Waals surface area contributed by atoms with Crippen LogP contribution < -0.4 is 0 Å². The minimum atomic E-state index is -0.458. The Morgan fingerprint density at radius 3 is 2.74 bits per heavy atom. The van der Waals surface area contributed by atoms with Crippen molar-refractivity contribution in [1.29, 1.82) is 0 Å². The van der Waals surface area contributed by atoms with Crippen molar-refractivity contribution < 1.29 is 14.1 Å². The lowest BCUT2D eigenvalue weighted by Crippen LogP contribution is -2.05. The molecule has 0 aliphatic heterocycles. The first-order valence-corrected chi connectivity index (χ1v) is 7.80. The molecule has 1 heterocycles. The Morgan fingerprint density at radius 2 is 2.00 bits per heavy atom. The van der Waals surface area contributed by atoms with E-state index in [-0.39, 0.29) is 12.5 Å². The minimum Gasteiger partial charge on any atom is -0.452 e. The van der Waals surface area contributed by atoms with E-state index >= 15 is 0 Å². The van der Waals surface area contributed by atoms with Crippen molar-refractivity contribution in [2.24, 2.45) is 0 Å². The predicted molar refractivity (Wildman–Crippen MR) is 88.0 cm³/mol. The van der Waals surface area contributed by atoms with Gasteiger partial charge < -0.3 is 9.26 Å². The molecule has 0 bridgehead atoms. The van der Waals surface area contributed by atoms with Crippen molar-refractivity contribution in [3.05, 3.63) is 69.5 Å². The summed E-state index contributed by atoms with van der Waals surface area (Å²) in [6.45, 7) is -0.0948. The van der Waals surface area contributed by atoms with Crippen LogP contribution in [0.2, 0.25) is 5.02 Å². The first-order chi connectivity index (χ1) is 11.1. The summed E-state index contributed by atoms with van der Waals surface area (Å²) < 4.78 is 11.1. The highest BCUT2D eigenvalue weighted by atomic mass is 79.9. The minimum absolute atomic E-state index is 0.0948. The Bertz CT molecular complexity index is 833. The van der Waals surface area contributed by atoms with E-state index in [1.807, 2.05) is 6.07 Å². The average molecular weight is 394 g/mol. The second-order valence-electron chi connectivity index (χ2n) is 4.61. The van der Waals surface area contributed by atoms with Crippen LogP contribution >= 0.6 is 27.5 Å². The van der Waals surface area contributed by atoms with Gasteiger partial charge in [0.1, 0.15) is 0 Å². The van der Waals surface area contributed by atoms with Gasteiger partial charge in [0, 0.05) is 15.1 Å². The summed E-state index contributed by atoms with van der Waals surface area (Å²) in [4.78, 5) is 16.1. The lowest BCUT2D eigenvalue weighted by atomic mass is 10.2. The number of esters is 1. The van der Waals surface area contributed by atoms with E-state index in [4.69, 9.17) is 20.9 Å². The molecule has 0 saturated carbocycles. The molecule has 0 N–H and O–H groups in total. The molecular formula is C16H10BrClN2O3. The van der Waals surface area contributed by atoms with Crippen molar-refractivity contribution in [3.63, 3.8) is 0 Å². The fourth-order valence-corrected chi connectivity index (χ4v) is 2.31. The summed E-state index contributed by atoms with van der Waals surface area (Å²) in [7, 11) is 0. The molecule has 0 aliphatic rings. The van der Waals surface area contributed by atoms with Crippen molar-refractivity contribution >= 4 is 33.5 Å². The smallest absolute Gasteiger partial charge is 0.338 e. The SMILES string of the molecule is O=C(OCc1nc(-c2cccc(Cl)c2)no1)c1ccc(Br)cc1. The highest BCUT2D eigenvalue weighted by Crippen LogP contribution is 2.20. The first kappa shape index (κ1) is 15.7. The van der Waals surface area contributed by atoms with Crippen LogP contribution in [-0.2, 0) is 11.3 Å². The molecule has 23 heavy (non-hydrogen) atoms. The Hall–Kier alpha value is -2.18. The largest absolute Gasteiger partial charge is 0.452 e. The molecule has 116 valence electrons. The molecule has 3 rings (SSSR count). The molecule has 3 aromatic rings. The van der Waals surface area contributed by atoms with Gasteiger partial charge in [0.05, 0.1) is 5.56 Å². The summed E-state index contributed by atoms with van der Waals surface area (Å²) in [5.41, 5.74) is 1.18. The predicted octanol–water partition coefficient (Wildman–Crippen LogP) is 4.51. The van der Waals surface area contributed by atoms with Crippen molar-refractivity contribution in [2.45, 2.75) is 6.61 Å².